The molecule has 0 aliphatic carbocycles. The quantitative estimate of drug-likeness (QED) is 0.936. The maximum absolute atomic E-state index is 12.3. The average Bonchev–Trinajstić information content (AvgIpc) is 2.80. The average molecular weight is 279 g/mol. The van der Waals surface area contributed by atoms with Gasteiger partial charge in [0.15, 0.2) is 0 Å². The number of rotatable bonds is 4. The second-order valence-electron chi connectivity index (χ2n) is 4.63. The summed E-state index contributed by atoms with van der Waals surface area (Å²) in [5.74, 6) is 0.591. The Balaban J connectivity index is 2.28. The molecule has 1 atom stereocenters. The van der Waals surface area contributed by atoms with Crippen molar-refractivity contribution in [2.75, 3.05) is 0 Å². The van der Waals surface area contributed by atoms with Gasteiger partial charge in [-0.2, -0.15) is 0 Å². The van der Waals surface area contributed by atoms with Gasteiger partial charge in [-0.05, 0) is 44.5 Å². The fourth-order valence-corrected chi connectivity index (χ4v) is 3.43. The minimum atomic E-state index is -3.54. The van der Waals surface area contributed by atoms with Crippen molar-refractivity contribution in [2.24, 2.45) is 0 Å². The molecule has 0 bridgehead atoms. The van der Waals surface area contributed by atoms with E-state index in [0.717, 1.165) is 11.1 Å². The molecule has 0 spiro atoms. The summed E-state index contributed by atoms with van der Waals surface area (Å²) in [6.07, 6.45) is 1.53. The van der Waals surface area contributed by atoms with Gasteiger partial charge in [-0.25, -0.2) is 13.1 Å². The molecule has 1 unspecified atom stereocenters. The van der Waals surface area contributed by atoms with Gasteiger partial charge in [0.25, 0.3) is 0 Å². The zero-order chi connectivity index (χ0) is 14.0. The largest absolute Gasteiger partial charge is 0.468 e. The van der Waals surface area contributed by atoms with Crippen molar-refractivity contribution in [2.45, 2.75) is 31.7 Å². The number of hydrogen-bond acceptors (Lipinski definition) is 3. The molecule has 5 heteroatoms. The van der Waals surface area contributed by atoms with Gasteiger partial charge in [0.1, 0.15) is 5.76 Å². The fraction of sp³-hybridized carbons (Fsp3) is 0.286. The molecule has 0 radical (unpaired) electrons. The van der Waals surface area contributed by atoms with Crippen molar-refractivity contribution in [3.05, 3.63) is 53.5 Å². The number of hydrogen-bond donors (Lipinski definition) is 1. The Kier molecular flexibility index (Phi) is 3.78. The van der Waals surface area contributed by atoms with Crippen LogP contribution in [-0.4, -0.2) is 8.42 Å². The first-order chi connectivity index (χ1) is 8.90. The molecular formula is C14H17NO3S. The lowest BCUT2D eigenvalue weighted by molar-refractivity contribution is 0.459. The minimum Gasteiger partial charge on any atom is -0.468 e. The van der Waals surface area contributed by atoms with E-state index in [1.165, 1.54) is 6.26 Å². The zero-order valence-corrected chi connectivity index (χ0v) is 12.0. The maximum Gasteiger partial charge on any atom is 0.241 e. The van der Waals surface area contributed by atoms with Gasteiger partial charge in [0.2, 0.25) is 10.0 Å². The van der Waals surface area contributed by atoms with E-state index in [9.17, 15) is 8.42 Å². The summed E-state index contributed by atoms with van der Waals surface area (Å²) < 4.78 is 32.4. The van der Waals surface area contributed by atoms with Gasteiger partial charge >= 0.3 is 0 Å². The molecule has 0 saturated carbocycles. The van der Waals surface area contributed by atoms with E-state index in [0.29, 0.717) is 10.7 Å². The van der Waals surface area contributed by atoms with Gasteiger partial charge in [-0.1, -0.05) is 17.7 Å². The van der Waals surface area contributed by atoms with Crippen LogP contribution in [0.3, 0.4) is 0 Å². The highest BCUT2D eigenvalue weighted by molar-refractivity contribution is 7.89. The number of furan rings is 1. The van der Waals surface area contributed by atoms with Crippen molar-refractivity contribution in [1.82, 2.24) is 4.72 Å². The minimum absolute atomic E-state index is 0.302. The third kappa shape index (κ3) is 3.05. The number of nitrogens with one attached hydrogen (secondary N) is 1. The predicted molar refractivity (Wildman–Crippen MR) is 73.4 cm³/mol. The van der Waals surface area contributed by atoms with E-state index in [-0.39, 0.29) is 0 Å². The van der Waals surface area contributed by atoms with Gasteiger partial charge in [-0.15, -0.1) is 0 Å². The highest BCUT2D eigenvalue weighted by atomic mass is 32.2. The molecule has 1 aromatic carbocycles. The molecule has 1 N–H and O–H groups in total. The van der Waals surface area contributed by atoms with Crippen LogP contribution in [0, 0.1) is 13.8 Å². The van der Waals surface area contributed by atoms with Crippen molar-refractivity contribution < 1.29 is 12.8 Å². The Bertz CT molecular complexity index is 660. The molecule has 2 rings (SSSR count). The van der Waals surface area contributed by atoms with Crippen LogP contribution in [0.2, 0.25) is 0 Å². The van der Waals surface area contributed by atoms with Gasteiger partial charge < -0.3 is 4.42 Å². The SMILES string of the molecule is Cc1ccc(S(=O)(=O)NC(C)c2ccco2)c(C)c1. The lowest BCUT2D eigenvalue weighted by Gasteiger charge is -2.14. The summed E-state index contributed by atoms with van der Waals surface area (Å²) >= 11 is 0. The van der Waals surface area contributed by atoms with Crippen LogP contribution in [0.1, 0.15) is 29.9 Å². The monoisotopic (exact) mass is 279 g/mol. The van der Waals surface area contributed by atoms with Crippen LogP contribution in [0.15, 0.2) is 45.9 Å². The van der Waals surface area contributed by atoms with Gasteiger partial charge in [0.05, 0.1) is 17.2 Å². The third-order valence-electron chi connectivity index (χ3n) is 2.92. The first-order valence-corrected chi connectivity index (χ1v) is 7.51. The smallest absolute Gasteiger partial charge is 0.241 e. The summed E-state index contributed by atoms with van der Waals surface area (Å²) in [4.78, 5) is 0.302. The van der Waals surface area contributed by atoms with Crippen molar-refractivity contribution in [3.8, 4) is 0 Å². The highest BCUT2D eigenvalue weighted by Gasteiger charge is 2.21. The summed E-state index contributed by atoms with van der Waals surface area (Å²) in [5, 5.41) is 0. The molecule has 0 amide bonds. The zero-order valence-electron chi connectivity index (χ0n) is 11.2. The maximum atomic E-state index is 12.3. The van der Waals surface area contributed by atoms with E-state index in [2.05, 4.69) is 4.72 Å². The van der Waals surface area contributed by atoms with E-state index in [1.54, 1.807) is 38.1 Å². The molecule has 0 aliphatic heterocycles. The molecule has 0 saturated heterocycles. The van der Waals surface area contributed by atoms with E-state index >= 15 is 0 Å². The Hall–Kier alpha value is -1.59. The fourth-order valence-electron chi connectivity index (χ4n) is 1.99. The van der Waals surface area contributed by atoms with Crippen molar-refractivity contribution in [1.29, 1.82) is 0 Å². The molecule has 1 heterocycles. The Morgan fingerprint density at radius 2 is 1.95 bits per heavy atom. The van der Waals surface area contributed by atoms with E-state index < -0.39 is 16.1 Å². The van der Waals surface area contributed by atoms with Crippen LogP contribution < -0.4 is 4.72 Å². The van der Waals surface area contributed by atoms with Crippen molar-refractivity contribution >= 4 is 10.0 Å². The third-order valence-corrected chi connectivity index (χ3v) is 4.62. The van der Waals surface area contributed by atoms with Crippen LogP contribution in [0.4, 0.5) is 0 Å². The molecule has 1 aromatic heterocycles. The van der Waals surface area contributed by atoms with Crippen LogP contribution >= 0.6 is 0 Å². The molecule has 4 nitrogen and oxygen atoms in total. The highest BCUT2D eigenvalue weighted by Crippen LogP contribution is 2.20. The van der Waals surface area contributed by atoms with E-state index in [4.69, 9.17) is 4.42 Å². The molecule has 19 heavy (non-hydrogen) atoms. The lowest BCUT2D eigenvalue weighted by Crippen LogP contribution is -2.27. The standard InChI is InChI=1S/C14H17NO3S/c1-10-6-7-14(11(2)9-10)19(16,17)15-12(3)13-5-4-8-18-13/h4-9,12,15H,1-3H3. The summed E-state index contributed by atoms with van der Waals surface area (Å²) in [6, 6.07) is 8.35. The summed E-state index contributed by atoms with van der Waals surface area (Å²) in [5.41, 5.74) is 1.77. The topological polar surface area (TPSA) is 59.3 Å². The first kappa shape index (κ1) is 13.8. The molecular weight excluding hydrogens is 262 g/mol. The van der Waals surface area contributed by atoms with Gasteiger partial charge in [-0.3, -0.25) is 0 Å². The summed E-state index contributed by atoms with van der Waals surface area (Å²) in [6.45, 7) is 5.47. The number of benzene rings is 1. The molecule has 2 aromatic rings. The van der Waals surface area contributed by atoms with Crippen LogP contribution in [0.5, 0.6) is 0 Å². The Morgan fingerprint density at radius 3 is 2.53 bits per heavy atom. The Labute approximate surface area is 113 Å². The van der Waals surface area contributed by atoms with Crippen LogP contribution in [-0.2, 0) is 10.0 Å². The predicted octanol–water partition coefficient (Wildman–Crippen LogP) is 2.94. The Morgan fingerprint density at radius 1 is 1.21 bits per heavy atom. The first-order valence-electron chi connectivity index (χ1n) is 6.03. The van der Waals surface area contributed by atoms with Crippen LogP contribution in [0.25, 0.3) is 0 Å². The van der Waals surface area contributed by atoms with Crippen molar-refractivity contribution in [3.63, 3.8) is 0 Å². The number of aryl methyl sites for hydroxylation is 2. The van der Waals surface area contributed by atoms with Gasteiger partial charge in [0, 0.05) is 0 Å². The molecule has 0 fully saturated rings. The number of sulfonamides is 1. The molecule has 0 aliphatic rings. The lowest BCUT2D eigenvalue weighted by atomic mass is 10.2. The van der Waals surface area contributed by atoms with E-state index in [1.807, 2.05) is 13.0 Å². The normalized spacial score (nSPS) is 13.4. The summed E-state index contributed by atoms with van der Waals surface area (Å²) in [7, 11) is -3.54. The second-order valence-corrected chi connectivity index (χ2v) is 6.31. The second kappa shape index (κ2) is 5.19. The molecule has 102 valence electrons.